The van der Waals surface area contributed by atoms with Crippen LogP contribution in [-0.4, -0.2) is 104 Å². The number of rotatable bonds is 5. The van der Waals surface area contributed by atoms with Crippen LogP contribution in [0.4, 0.5) is 0 Å². The summed E-state index contributed by atoms with van der Waals surface area (Å²) in [4.78, 5) is 30.5. The van der Waals surface area contributed by atoms with Crippen LogP contribution >= 0.6 is 0 Å². The summed E-state index contributed by atoms with van der Waals surface area (Å²) in [5.41, 5.74) is -2.74. The quantitative estimate of drug-likeness (QED) is 0.359. The molecule has 0 atom stereocenters. The molecule has 2 radical (unpaired) electrons. The van der Waals surface area contributed by atoms with Crippen molar-refractivity contribution in [2.75, 3.05) is 0 Å². The first kappa shape index (κ1) is 36.0. The molecule has 0 saturated carbocycles. The zero-order valence-electron chi connectivity index (χ0n) is 9.13. The number of aliphatic hydroxyl groups is 1. The summed E-state index contributed by atoms with van der Waals surface area (Å²) in [5.74, 6) is -5.02. The Hall–Kier alpha value is -0.530. The molecule has 0 heterocycles. The zero-order valence-corrected chi connectivity index (χ0v) is 11.3. The van der Waals surface area contributed by atoms with Gasteiger partial charge >= 0.3 is 17.9 Å². The van der Waals surface area contributed by atoms with E-state index in [1.54, 1.807) is 0 Å². The molecule has 0 aromatic heterocycles. The fraction of sp³-hybridized carbons (Fsp3) is 0.500. The van der Waals surface area contributed by atoms with E-state index >= 15 is 0 Å². The molecule has 0 aliphatic rings. The van der Waals surface area contributed by atoms with Gasteiger partial charge in [0.2, 0.25) is 0 Å². The van der Waals surface area contributed by atoms with Gasteiger partial charge in [-0.15, -0.1) is 0 Å². The number of carboxylic acid groups (broad SMARTS) is 3. The maximum atomic E-state index is 10.3. The van der Waals surface area contributed by atoms with Crippen molar-refractivity contribution >= 4 is 55.6 Å². The monoisotopic (exact) mass is 304 g/mol. The summed E-state index contributed by atoms with van der Waals surface area (Å²) in [6.45, 7) is 0. The normalized spacial score (nSPS) is 7.83. The third-order valence-corrected chi connectivity index (χ3v) is 1.29. The molecule has 0 unspecified atom stereocenters. The number of carbonyl (C=O) groups is 3. The first-order chi connectivity index (χ1) is 5.78. The summed E-state index contributed by atoms with van der Waals surface area (Å²) in [6, 6.07) is 0. The molecule has 0 aliphatic heterocycles. The standard InChI is InChI=1S/C6H8O7.Ca.4H2O/c7-3(8)1-6(13,5(11)12)2-4(9)10;;;;;/h13H,1-2H2,(H,7,8)(H,9,10)(H,11,12);;4*1H2. The van der Waals surface area contributed by atoms with Crippen LogP contribution in [0.1, 0.15) is 12.8 Å². The fourth-order valence-electron chi connectivity index (χ4n) is 0.714. The molecule has 0 spiro atoms. The van der Waals surface area contributed by atoms with E-state index in [-0.39, 0.29) is 59.6 Å². The first-order valence-corrected chi connectivity index (χ1v) is 3.17. The fourth-order valence-corrected chi connectivity index (χ4v) is 0.714. The van der Waals surface area contributed by atoms with E-state index in [9.17, 15) is 14.4 Å². The van der Waals surface area contributed by atoms with Crippen LogP contribution in [0.25, 0.3) is 0 Å². The van der Waals surface area contributed by atoms with Crippen LogP contribution in [0.3, 0.4) is 0 Å². The third-order valence-electron chi connectivity index (χ3n) is 1.29. The van der Waals surface area contributed by atoms with E-state index in [0.717, 1.165) is 0 Å². The summed E-state index contributed by atoms with van der Waals surface area (Å²) in [5, 5.41) is 33.8. The second-order valence-corrected chi connectivity index (χ2v) is 2.48. The minimum absolute atomic E-state index is 0. The van der Waals surface area contributed by atoms with Crippen LogP contribution in [-0.2, 0) is 14.4 Å². The van der Waals surface area contributed by atoms with Crippen molar-refractivity contribution in [3.63, 3.8) is 0 Å². The van der Waals surface area contributed by atoms with E-state index < -0.39 is 36.4 Å². The Bertz CT molecular complexity index is 236. The van der Waals surface area contributed by atoms with Crippen molar-refractivity contribution in [3.05, 3.63) is 0 Å². The maximum absolute atomic E-state index is 10.3. The molecule has 0 saturated heterocycles. The van der Waals surface area contributed by atoms with E-state index in [1.165, 1.54) is 0 Å². The van der Waals surface area contributed by atoms with Gasteiger partial charge in [-0.05, 0) is 0 Å². The van der Waals surface area contributed by atoms with Gasteiger partial charge in [0.05, 0.1) is 12.8 Å². The Balaban J connectivity index is -0.0000000720. The van der Waals surface area contributed by atoms with Gasteiger partial charge in [-0.1, -0.05) is 0 Å². The molecule has 0 aliphatic carbocycles. The molecule has 0 bridgehead atoms. The Morgan fingerprint density at radius 2 is 1.00 bits per heavy atom. The predicted molar refractivity (Wildman–Crippen MR) is 57.3 cm³/mol. The molecule has 11 nitrogen and oxygen atoms in total. The second-order valence-electron chi connectivity index (χ2n) is 2.48. The summed E-state index contributed by atoms with van der Waals surface area (Å²) in [7, 11) is 0. The van der Waals surface area contributed by atoms with E-state index in [1.807, 2.05) is 0 Å². The average molecular weight is 304 g/mol. The molecule has 12 N–H and O–H groups in total. The van der Waals surface area contributed by atoms with E-state index in [4.69, 9.17) is 20.4 Å². The van der Waals surface area contributed by atoms with Crippen LogP contribution < -0.4 is 0 Å². The van der Waals surface area contributed by atoms with Gasteiger partial charge in [-0.2, -0.15) is 0 Å². The Labute approximate surface area is 130 Å². The summed E-state index contributed by atoms with van der Waals surface area (Å²) >= 11 is 0. The van der Waals surface area contributed by atoms with Gasteiger partial charge in [-0.3, -0.25) is 9.59 Å². The van der Waals surface area contributed by atoms with Crippen molar-refractivity contribution < 1.29 is 56.7 Å². The topological polar surface area (TPSA) is 258 Å². The first-order valence-electron chi connectivity index (χ1n) is 3.17. The molecule has 18 heavy (non-hydrogen) atoms. The molecule has 0 rings (SSSR count). The van der Waals surface area contributed by atoms with Crippen molar-refractivity contribution in [1.82, 2.24) is 0 Å². The van der Waals surface area contributed by atoms with Crippen molar-refractivity contribution in [2.45, 2.75) is 18.4 Å². The third kappa shape index (κ3) is 13.5. The number of carboxylic acids is 3. The Morgan fingerprint density at radius 1 is 0.778 bits per heavy atom. The van der Waals surface area contributed by atoms with Crippen LogP contribution in [0.15, 0.2) is 0 Å². The van der Waals surface area contributed by atoms with Gasteiger partial charge < -0.3 is 42.3 Å². The van der Waals surface area contributed by atoms with Crippen LogP contribution in [0, 0.1) is 0 Å². The SMILES string of the molecule is O.O.O.O.O=C(O)CC(O)(CC(=O)O)C(=O)O.[Ca]. The van der Waals surface area contributed by atoms with Crippen molar-refractivity contribution in [1.29, 1.82) is 0 Å². The van der Waals surface area contributed by atoms with Gasteiger partial charge in [-0.25, -0.2) is 4.79 Å². The van der Waals surface area contributed by atoms with Gasteiger partial charge in [0.15, 0.2) is 5.60 Å². The minimum Gasteiger partial charge on any atom is -0.481 e. The second kappa shape index (κ2) is 14.5. The molecular weight excluding hydrogens is 288 g/mol. The average Bonchev–Trinajstić information content (AvgIpc) is 1.82. The van der Waals surface area contributed by atoms with E-state index in [2.05, 4.69) is 0 Å². The Morgan fingerprint density at radius 3 is 1.11 bits per heavy atom. The molecule has 108 valence electrons. The molecule has 0 aromatic rings. The molecule has 12 heteroatoms. The molecule has 0 aromatic carbocycles. The number of hydrogen-bond acceptors (Lipinski definition) is 4. The largest absolute Gasteiger partial charge is 0.481 e. The van der Waals surface area contributed by atoms with Gasteiger partial charge in [0.1, 0.15) is 0 Å². The molecule has 0 amide bonds. The van der Waals surface area contributed by atoms with Gasteiger partial charge in [0, 0.05) is 37.7 Å². The number of hydrogen-bond donors (Lipinski definition) is 4. The zero-order chi connectivity index (χ0) is 10.6. The predicted octanol–water partition coefficient (Wildman–Crippen LogP) is -4.93. The molecule has 0 fully saturated rings. The number of aliphatic carboxylic acids is 3. The molecular formula is C6H16CaO11. The smallest absolute Gasteiger partial charge is 0.336 e. The van der Waals surface area contributed by atoms with E-state index in [0.29, 0.717) is 0 Å². The Kier molecular flexibility index (Phi) is 29.1. The van der Waals surface area contributed by atoms with Crippen LogP contribution in [0.5, 0.6) is 0 Å². The van der Waals surface area contributed by atoms with Crippen molar-refractivity contribution in [2.24, 2.45) is 0 Å². The van der Waals surface area contributed by atoms with Crippen LogP contribution in [0.2, 0.25) is 0 Å². The minimum atomic E-state index is -2.74. The summed E-state index contributed by atoms with van der Waals surface area (Å²) < 4.78 is 0. The van der Waals surface area contributed by atoms with Gasteiger partial charge in [0.25, 0.3) is 0 Å². The maximum Gasteiger partial charge on any atom is 0.336 e. The van der Waals surface area contributed by atoms with Crippen molar-refractivity contribution in [3.8, 4) is 0 Å². The summed E-state index contributed by atoms with van der Waals surface area (Å²) in [6.07, 6.45) is -2.29.